The number of benzene rings is 2. The van der Waals surface area contributed by atoms with Crippen molar-refractivity contribution >= 4 is 35.7 Å². The third-order valence-electron chi connectivity index (χ3n) is 4.57. The summed E-state index contributed by atoms with van der Waals surface area (Å²) in [5, 5.41) is 22.0. The number of rotatable bonds is 8. The minimum Gasteiger partial charge on any atom is -0.325 e. The van der Waals surface area contributed by atoms with E-state index in [1.165, 1.54) is 24.3 Å². The Morgan fingerprint density at radius 2 is 1.19 bits per heavy atom. The van der Waals surface area contributed by atoms with E-state index in [1.807, 2.05) is 47.1 Å². The standard InChI is InChI=1S/C23H21N4O4/c24-14-15-25-20(12-10-18-4-1-8-22(16-18)26(28)29)6-3-7-21(25)13-11-19-5-2-9-23(17-19)27(30)31/h1-13,16-17H,14-15,24H2/q+1/b12-10+,13-11+. The maximum atomic E-state index is 11.0. The van der Waals surface area contributed by atoms with E-state index in [4.69, 9.17) is 5.73 Å². The maximum Gasteiger partial charge on any atom is 0.270 e. The van der Waals surface area contributed by atoms with Gasteiger partial charge in [0, 0.05) is 48.6 Å². The molecule has 0 fully saturated rings. The summed E-state index contributed by atoms with van der Waals surface area (Å²) in [6, 6.07) is 18.5. The lowest BCUT2D eigenvalue weighted by Gasteiger charge is -2.03. The van der Waals surface area contributed by atoms with Crippen LogP contribution in [-0.4, -0.2) is 16.4 Å². The number of nitrogens with two attached hydrogens (primary N) is 1. The average molecular weight is 417 g/mol. The number of pyridine rings is 1. The Labute approximate surface area is 178 Å². The quantitative estimate of drug-likeness (QED) is 0.337. The van der Waals surface area contributed by atoms with Gasteiger partial charge in [-0.25, -0.2) is 0 Å². The van der Waals surface area contributed by atoms with Crippen molar-refractivity contribution in [2.45, 2.75) is 6.54 Å². The third kappa shape index (κ3) is 5.68. The highest BCUT2D eigenvalue weighted by Crippen LogP contribution is 2.17. The van der Waals surface area contributed by atoms with E-state index in [2.05, 4.69) is 0 Å². The summed E-state index contributed by atoms with van der Waals surface area (Å²) in [6.07, 6.45) is 7.37. The number of aromatic nitrogens is 1. The molecule has 0 amide bonds. The lowest BCUT2D eigenvalue weighted by Crippen LogP contribution is -2.43. The molecule has 31 heavy (non-hydrogen) atoms. The van der Waals surface area contributed by atoms with E-state index in [-0.39, 0.29) is 11.4 Å². The van der Waals surface area contributed by atoms with Crippen LogP contribution in [0.2, 0.25) is 0 Å². The lowest BCUT2D eigenvalue weighted by molar-refractivity contribution is -0.697. The molecule has 0 saturated heterocycles. The Hall–Kier alpha value is -4.17. The topological polar surface area (TPSA) is 116 Å². The second-order valence-corrected chi connectivity index (χ2v) is 6.69. The van der Waals surface area contributed by atoms with Gasteiger partial charge in [0.25, 0.3) is 11.4 Å². The van der Waals surface area contributed by atoms with Gasteiger partial charge in [-0.2, -0.15) is 4.57 Å². The van der Waals surface area contributed by atoms with Gasteiger partial charge in [-0.15, -0.1) is 0 Å². The van der Waals surface area contributed by atoms with Crippen molar-refractivity contribution in [3.8, 4) is 0 Å². The van der Waals surface area contributed by atoms with Crippen LogP contribution in [0.3, 0.4) is 0 Å². The summed E-state index contributed by atoms with van der Waals surface area (Å²) >= 11 is 0. The molecule has 8 nitrogen and oxygen atoms in total. The van der Waals surface area contributed by atoms with Crippen LogP contribution in [0.1, 0.15) is 22.5 Å². The molecule has 8 heteroatoms. The molecule has 1 aromatic heterocycles. The molecule has 0 atom stereocenters. The molecule has 0 spiro atoms. The van der Waals surface area contributed by atoms with Crippen LogP contribution in [0.4, 0.5) is 11.4 Å². The van der Waals surface area contributed by atoms with Gasteiger partial charge in [-0.3, -0.25) is 20.2 Å². The van der Waals surface area contributed by atoms with Crippen molar-refractivity contribution in [2.75, 3.05) is 6.54 Å². The van der Waals surface area contributed by atoms with Crippen LogP contribution in [0.25, 0.3) is 24.3 Å². The highest BCUT2D eigenvalue weighted by Gasteiger charge is 2.12. The molecule has 0 aliphatic heterocycles. The molecule has 2 aromatic carbocycles. The molecule has 0 aliphatic rings. The zero-order chi connectivity index (χ0) is 22.2. The molecule has 3 rings (SSSR count). The van der Waals surface area contributed by atoms with E-state index in [0.29, 0.717) is 24.2 Å². The summed E-state index contributed by atoms with van der Waals surface area (Å²) in [7, 11) is 0. The summed E-state index contributed by atoms with van der Waals surface area (Å²) in [5.74, 6) is 0. The maximum absolute atomic E-state index is 11.0. The molecule has 156 valence electrons. The van der Waals surface area contributed by atoms with Gasteiger partial charge < -0.3 is 5.73 Å². The second kappa shape index (κ2) is 10.0. The lowest BCUT2D eigenvalue weighted by atomic mass is 10.1. The molecule has 0 aliphatic carbocycles. The first-order valence-electron chi connectivity index (χ1n) is 9.56. The van der Waals surface area contributed by atoms with E-state index in [0.717, 1.165) is 11.4 Å². The van der Waals surface area contributed by atoms with Gasteiger partial charge in [0.05, 0.1) is 16.4 Å². The van der Waals surface area contributed by atoms with E-state index >= 15 is 0 Å². The molecule has 0 bridgehead atoms. The molecule has 0 saturated carbocycles. The van der Waals surface area contributed by atoms with Crippen molar-refractivity contribution in [3.05, 3.63) is 109 Å². The average Bonchev–Trinajstić information content (AvgIpc) is 2.78. The van der Waals surface area contributed by atoms with Crippen LogP contribution in [0.15, 0.2) is 66.7 Å². The van der Waals surface area contributed by atoms with Gasteiger partial charge in [-0.05, 0) is 29.3 Å². The molecule has 2 N–H and O–H groups in total. The molecule has 0 unspecified atom stereocenters. The fourth-order valence-electron chi connectivity index (χ4n) is 3.10. The Balaban J connectivity index is 1.92. The Kier molecular flexibility index (Phi) is 6.97. The normalized spacial score (nSPS) is 11.3. The van der Waals surface area contributed by atoms with Crippen LogP contribution < -0.4 is 10.3 Å². The van der Waals surface area contributed by atoms with E-state index in [9.17, 15) is 20.2 Å². The fourth-order valence-corrected chi connectivity index (χ4v) is 3.10. The molecular weight excluding hydrogens is 396 g/mol. The fraction of sp³-hybridized carbons (Fsp3) is 0.0870. The number of hydrogen-bond donors (Lipinski definition) is 1. The summed E-state index contributed by atoms with van der Waals surface area (Å²) in [5.41, 5.74) is 9.04. The Morgan fingerprint density at radius 1 is 0.742 bits per heavy atom. The number of nitro benzene ring substituents is 2. The Morgan fingerprint density at radius 3 is 1.61 bits per heavy atom. The van der Waals surface area contributed by atoms with Crippen molar-refractivity contribution in [3.63, 3.8) is 0 Å². The third-order valence-corrected chi connectivity index (χ3v) is 4.57. The van der Waals surface area contributed by atoms with Crippen LogP contribution in [0.5, 0.6) is 0 Å². The number of nitrogens with zero attached hydrogens (tertiary/aromatic N) is 3. The first kappa shape index (κ1) is 21.5. The zero-order valence-electron chi connectivity index (χ0n) is 16.6. The summed E-state index contributed by atoms with van der Waals surface area (Å²) < 4.78 is 2.02. The van der Waals surface area contributed by atoms with Gasteiger partial charge in [-0.1, -0.05) is 24.3 Å². The monoisotopic (exact) mass is 417 g/mol. The largest absolute Gasteiger partial charge is 0.325 e. The van der Waals surface area contributed by atoms with Crippen molar-refractivity contribution in [2.24, 2.45) is 5.73 Å². The van der Waals surface area contributed by atoms with Gasteiger partial charge in [0.2, 0.25) is 11.4 Å². The molecule has 1 heterocycles. The van der Waals surface area contributed by atoms with Crippen LogP contribution in [0, 0.1) is 20.2 Å². The predicted octanol–water partition coefficient (Wildman–Crippen LogP) is 4.09. The van der Waals surface area contributed by atoms with Crippen LogP contribution in [-0.2, 0) is 6.54 Å². The first-order valence-corrected chi connectivity index (χ1v) is 9.56. The second-order valence-electron chi connectivity index (χ2n) is 6.69. The van der Waals surface area contributed by atoms with Crippen molar-refractivity contribution < 1.29 is 14.4 Å². The highest BCUT2D eigenvalue weighted by atomic mass is 16.6. The number of hydrogen-bond acceptors (Lipinski definition) is 5. The number of nitro groups is 2. The van der Waals surface area contributed by atoms with E-state index < -0.39 is 9.85 Å². The van der Waals surface area contributed by atoms with Crippen LogP contribution >= 0.6 is 0 Å². The number of non-ortho nitro benzene ring substituents is 2. The smallest absolute Gasteiger partial charge is 0.270 e. The molecule has 0 radical (unpaired) electrons. The highest BCUT2D eigenvalue weighted by molar-refractivity contribution is 5.70. The minimum atomic E-state index is -0.425. The van der Waals surface area contributed by atoms with Gasteiger partial charge >= 0.3 is 0 Å². The summed E-state index contributed by atoms with van der Waals surface area (Å²) in [6.45, 7) is 0.980. The Bertz CT molecular complexity index is 1090. The van der Waals surface area contributed by atoms with Gasteiger partial charge in [0.15, 0.2) is 6.54 Å². The first-order chi connectivity index (χ1) is 15.0. The minimum absolute atomic E-state index is 0.0330. The van der Waals surface area contributed by atoms with E-state index in [1.54, 1.807) is 24.3 Å². The molecular formula is C23H21N4O4+. The SMILES string of the molecule is NCC[n+]1c(/C=C/c2cccc([N+](=O)[O-])c2)cccc1/C=C/c1cccc([N+](=O)[O-])c1. The summed E-state index contributed by atoms with van der Waals surface area (Å²) in [4.78, 5) is 21.1. The van der Waals surface area contributed by atoms with Gasteiger partial charge in [0.1, 0.15) is 0 Å². The van der Waals surface area contributed by atoms with Crippen molar-refractivity contribution in [1.29, 1.82) is 0 Å². The van der Waals surface area contributed by atoms with Crippen molar-refractivity contribution in [1.82, 2.24) is 0 Å². The zero-order valence-corrected chi connectivity index (χ0v) is 16.6. The molecule has 3 aromatic rings. The predicted molar refractivity (Wildman–Crippen MR) is 120 cm³/mol.